The second-order valence-electron chi connectivity index (χ2n) is 2.71. The first-order chi connectivity index (χ1) is 7.09. The van der Waals surface area contributed by atoms with E-state index in [2.05, 4.69) is 5.92 Å². The Bertz CT molecular complexity index is 439. The van der Waals surface area contributed by atoms with Gasteiger partial charge in [-0.1, -0.05) is 18.1 Å². The number of carboxylic acids is 1. The molecule has 0 fully saturated rings. The highest BCUT2D eigenvalue weighted by molar-refractivity contribution is 5.86. The van der Waals surface area contributed by atoms with Crippen LogP contribution in [-0.4, -0.2) is 16.0 Å². The van der Waals surface area contributed by atoms with Crippen molar-refractivity contribution < 1.29 is 14.8 Å². The number of nitrogens with zero attached hydrogens (tertiary/aromatic N) is 1. The molecule has 0 aliphatic carbocycles. The molecular formula is C10H7NO4. The molecule has 15 heavy (non-hydrogen) atoms. The fourth-order valence-corrected chi connectivity index (χ4v) is 0.957. The summed E-state index contributed by atoms with van der Waals surface area (Å²) in [5.74, 6) is 3.21. The lowest BCUT2D eigenvalue weighted by atomic mass is 10.1. The molecular weight excluding hydrogens is 198 g/mol. The monoisotopic (exact) mass is 205 g/mol. The molecule has 0 radical (unpaired) electrons. The van der Waals surface area contributed by atoms with E-state index in [-0.39, 0.29) is 12.1 Å². The van der Waals surface area contributed by atoms with Gasteiger partial charge >= 0.3 is 5.97 Å². The van der Waals surface area contributed by atoms with Gasteiger partial charge in [0.2, 0.25) is 0 Å². The fourth-order valence-electron chi connectivity index (χ4n) is 0.957. The lowest BCUT2D eigenvalue weighted by Gasteiger charge is -1.93. The van der Waals surface area contributed by atoms with Crippen LogP contribution >= 0.6 is 0 Å². The molecule has 0 atom stereocenters. The van der Waals surface area contributed by atoms with E-state index >= 15 is 0 Å². The topological polar surface area (TPSA) is 80.4 Å². The molecule has 1 aromatic carbocycles. The highest BCUT2D eigenvalue weighted by Gasteiger charge is 2.02. The maximum absolute atomic E-state index is 10.3. The molecule has 1 N–H and O–H groups in total. The molecule has 0 aliphatic heterocycles. The summed E-state index contributed by atoms with van der Waals surface area (Å²) in [6.07, 6.45) is 0.268. The van der Waals surface area contributed by atoms with Gasteiger partial charge in [0.1, 0.15) is 0 Å². The number of nitro benzene ring substituents is 1. The minimum Gasteiger partial charge on any atom is -0.472 e. The molecule has 0 heterocycles. The lowest BCUT2D eigenvalue weighted by molar-refractivity contribution is -0.384. The summed E-state index contributed by atoms with van der Waals surface area (Å²) in [4.78, 5) is 19.9. The van der Waals surface area contributed by atoms with Gasteiger partial charge in [-0.05, 0) is 5.56 Å². The van der Waals surface area contributed by atoms with Crippen LogP contribution in [0.2, 0.25) is 0 Å². The smallest absolute Gasteiger partial charge is 0.381 e. The van der Waals surface area contributed by atoms with E-state index in [1.165, 1.54) is 12.1 Å². The van der Waals surface area contributed by atoms with Crippen molar-refractivity contribution >= 4 is 11.7 Å². The van der Waals surface area contributed by atoms with Gasteiger partial charge in [-0.3, -0.25) is 10.1 Å². The summed E-state index contributed by atoms with van der Waals surface area (Å²) in [5.41, 5.74) is 0.749. The Morgan fingerprint density at radius 3 is 2.47 bits per heavy atom. The first kappa shape index (κ1) is 10.7. The predicted molar refractivity (Wildman–Crippen MR) is 52.2 cm³/mol. The maximum Gasteiger partial charge on any atom is 0.381 e. The SMILES string of the molecule is O=C(O)C#CCc1ccc([N+](=O)[O-])cc1. The second kappa shape index (κ2) is 4.77. The van der Waals surface area contributed by atoms with Crippen molar-refractivity contribution in [2.24, 2.45) is 0 Å². The van der Waals surface area contributed by atoms with E-state index in [1.54, 1.807) is 12.1 Å². The Morgan fingerprint density at radius 1 is 1.40 bits per heavy atom. The van der Waals surface area contributed by atoms with Gasteiger partial charge in [0.05, 0.1) is 4.92 Å². The fraction of sp³-hybridized carbons (Fsp3) is 0.100. The summed E-state index contributed by atoms with van der Waals surface area (Å²) in [6.45, 7) is 0. The van der Waals surface area contributed by atoms with Crippen LogP contribution in [0.5, 0.6) is 0 Å². The van der Waals surface area contributed by atoms with Crippen molar-refractivity contribution in [3.8, 4) is 11.8 Å². The van der Waals surface area contributed by atoms with Crippen molar-refractivity contribution in [3.63, 3.8) is 0 Å². The Labute approximate surface area is 85.5 Å². The van der Waals surface area contributed by atoms with Crippen molar-refractivity contribution in [1.29, 1.82) is 0 Å². The summed E-state index contributed by atoms with van der Waals surface area (Å²) in [5, 5.41) is 18.6. The average molecular weight is 205 g/mol. The lowest BCUT2D eigenvalue weighted by Crippen LogP contribution is -1.90. The van der Waals surface area contributed by atoms with Gasteiger partial charge < -0.3 is 5.11 Å². The largest absolute Gasteiger partial charge is 0.472 e. The van der Waals surface area contributed by atoms with Crippen molar-refractivity contribution in [2.45, 2.75) is 6.42 Å². The van der Waals surface area contributed by atoms with E-state index < -0.39 is 10.9 Å². The quantitative estimate of drug-likeness (QED) is 0.447. The maximum atomic E-state index is 10.3. The molecule has 0 amide bonds. The minimum absolute atomic E-state index is 0.00458. The number of carboxylic acid groups (broad SMARTS) is 1. The summed E-state index contributed by atoms with van der Waals surface area (Å²) >= 11 is 0. The molecule has 0 aromatic heterocycles. The van der Waals surface area contributed by atoms with E-state index in [1.807, 2.05) is 5.92 Å². The molecule has 5 nitrogen and oxygen atoms in total. The van der Waals surface area contributed by atoms with Crippen molar-refractivity contribution in [3.05, 3.63) is 39.9 Å². The van der Waals surface area contributed by atoms with Gasteiger partial charge in [0, 0.05) is 24.5 Å². The van der Waals surface area contributed by atoms with Crippen LogP contribution < -0.4 is 0 Å². The Hall–Kier alpha value is -2.35. The number of non-ortho nitro benzene ring substituents is 1. The first-order valence-corrected chi connectivity index (χ1v) is 4.04. The molecule has 0 saturated carbocycles. The van der Waals surface area contributed by atoms with Crippen LogP contribution in [0.15, 0.2) is 24.3 Å². The summed E-state index contributed by atoms with van der Waals surface area (Å²) in [6, 6.07) is 5.82. The van der Waals surface area contributed by atoms with Crippen LogP contribution in [0.3, 0.4) is 0 Å². The molecule has 1 rings (SSSR count). The third-order valence-electron chi connectivity index (χ3n) is 1.63. The van der Waals surface area contributed by atoms with Crippen LogP contribution in [0, 0.1) is 22.0 Å². The number of benzene rings is 1. The summed E-state index contributed by atoms with van der Waals surface area (Å²) < 4.78 is 0. The Morgan fingerprint density at radius 2 is 2.00 bits per heavy atom. The number of rotatable bonds is 2. The highest BCUT2D eigenvalue weighted by Crippen LogP contribution is 2.11. The van der Waals surface area contributed by atoms with Crippen molar-refractivity contribution in [2.75, 3.05) is 0 Å². The molecule has 0 aliphatic rings. The van der Waals surface area contributed by atoms with Crippen LogP contribution in [0.1, 0.15) is 5.56 Å². The zero-order chi connectivity index (χ0) is 11.3. The normalized spacial score (nSPS) is 8.80. The molecule has 1 aromatic rings. The molecule has 5 heteroatoms. The van der Waals surface area contributed by atoms with E-state index in [0.29, 0.717) is 0 Å². The number of nitro groups is 1. The van der Waals surface area contributed by atoms with E-state index in [9.17, 15) is 14.9 Å². The zero-order valence-electron chi connectivity index (χ0n) is 7.64. The second-order valence-corrected chi connectivity index (χ2v) is 2.71. The third-order valence-corrected chi connectivity index (χ3v) is 1.63. The van der Waals surface area contributed by atoms with Gasteiger partial charge in [-0.15, -0.1) is 0 Å². The number of aliphatic carboxylic acids is 1. The predicted octanol–water partition coefficient (Wildman–Crippen LogP) is 1.23. The molecule has 0 saturated heterocycles. The molecule has 76 valence electrons. The van der Waals surface area contributed by atoms with Crippen LogP contribution in [-0.2, 0) is 11.2 Å². The van der Waals surface area contributed by atoms with Crippen LogP contribution in [0.4, 0.5) is 5.69 Å². The first-order valence-electron chi connectivity index (χ1n) is 4.04. The van der Waals surface area contributed by atoms with Crippen molar-refractivity contribution in [1.82, 2.24) is 0 Å². The average Bonchev–Trinajstić information content (AvgIpc) is 2.18. The molecule has 0 spiro atoms. The minimum atomic E-state index is -1.18. The van der Waals surface area contributed by atoms with Gasteiger partial charge in [-0.2, -0.15) is 0 Å². The zero-order valence-corrected chi connectivity index (χ0v) is 7.64. The van der Waals surface area contributed by atoms with Gasteiger partial charge in [0.15, 0.2) is 0 Å². The van der Waals surface area contributed by atoms with Crippen LogP contribution in [0.25, 0.3) is 0 Å². The standard InChI is InChI=1S/C10H7NO4/c12-10(13)3-1-2-8-4-6-9(7-5-8)11(14)15/h4-7H,2H2,(H,12,13). The number of hydrogen-bond acceptors (Lipinski definition) is 3. The van der Waals surface area contributed by atoms with E-state index in [0.717, 1.165) is 5.56 Å². The van der Waals surface area contributed by atoms with Gasteiger partial charge in [0.25, 0.3) is 5.69 Å². The number of hydrogen-bond donors (Lipinski definition) is 1. The molecule has 0 unspecified atom stereocenters. The third kappa shape index (κ3) is 3.48. The Balaban J connectivity index is 2.70. The Kier molecular flexibility index (Phi) is 3.41. The van der Waals surface area contributed by atoms with E-state index in [4.69, 9.17) is 5.11 Å². The molecule has 0 bridgehead atoms. The summed E-state index contributed by atoms with van der Waals surface area (Å²) in [7, 11) is 0. The van der Waals surface area contributed by atoms with Gasteiger partial charge in [-0.25, -0.2) is 4.79 Å². The number of carbonyl (C=O) groups is 1. The highest BCUT2D eigenvalue weighted by atomic mass is 16.6.